The summed E-state index contributed by atoms with van der Waals surface area (Å²) in [5.41, 5.74) is 1.10. The van der Waals surface area contributed by atoms with Crippen LogP contribution in [0.3, 0.4) is 0 Å². The lowest BCUT2D eigenvalue weighted by molar-refractivity contribution is 0.294. The Bertz CT molecular complexity index is 431. The predicted molar refractivity (Wildman–Crippen MR) is 60.0 cm³/mol. The molecular formula is C12H10ClNO. The van der Waals surface area contributed by atoms with Crippen LogP contribution in [0.1, 0.15) is 5.56 Å². The largest absolute Gasteiger partial charge is 0.472 e. The van der Waals surface area contributed by atoms with Crippen molar-refractivity contribution in [2.24, 2.45) is 0 Å². The third-order valence-corrected chi connectivity index (χ3v) is 2.23. The second-order valence-electron chi connectivity index (χ2n) is 3.06. The van der Waals surface area contributed by atoms with Crippen LogP contribution in [-0.4, -0.2) is 4.98 Å². The smallest absolute Gasteiger partial charge is 0.232 e. The van der Waals surface area contributed by atoms with E-state index in [2.05, 4.69) is 4.98 Å². The molecular weight excluding hydrogens is 210 g/mol. The van der Waals surface area contributed by atoms with Crippen molar-refractivity contribution in [1.29, 1.82) is 0 Å². The third kappa shape index (κ3) is 2.70. The molecule has 3 heteroatoms. The van der Waals surface area contributed by atoms with Crippen LogP contribution in [-0.2, 0) is 6.61 Å². The van der Waals surface area contributed by atoms with Gasteiger partial charge in [-0.2, -0.15) is 0 Å². The number of benzene rings is 1. The van der Waals surface area contributed by atoms with Gasteiger partial charge in [-0.05, 0) is 17.7 Å². The van der Waals surface area contributed by atoms with E-state index in [4.69, 9.17) is 16.3 Å². The van der Waals surface area contributed by atoms with Crippen LogP contribution < -0.4 is 4.74 Å². The number of nitrogens with zero attached hydrogens (tertiary/aromatic N) is 1. The summed E-state index contributed by atoms with van der Waals surface area (Å²) in [5, 5.41) is 0.536. The van der Waals surface area contributed by atoms with E-state index in [0.29, 0.717) is 17.5 Å². The van der Waals surface area contributed by atoms with Crippen molar-refractivity contribution in [2.45, 2.75) is 6.61 Å². The van der Waals surface area contributed by atoms with Gasteiger partial charge >= 0.3 is 0 Å². The molecule has 0 aliphatic carbocycles. The van der Waals surface area contributed by atoms with Crippen molar-refractivity contribution in [3.05, 3.63) is 59.2 Å². The van der Waals surface area contributed by atoms with Gasteiger partial charge in [0.05, 0.1) is 0 Å². The first-order chi connectivity index (χ1) is 7.36. The molecule has 76 valence electrons. The summed E-state index contributed by atoms with van der Waals surface area (Å²) in [6.07, 6.45) is 1.66. The maximum Gasteiger partial charge on any atom is 0.232 e. The van der Waals surface area contributed by atoms with Gasteiger partial charge < -0.3 is 4.74 Å². The fourth-order valence-corrected chi connectivity index (χ4v) is 1.38. The maximum atomic E-state index is 5.90. The lowest BCUT2D eigenvalue weighted by Crippen LogP contribution is -1.97. The molecule has 0 atom stereocenters. The Morgan fingerprint density at radius 1 is 1.07 bits per heavy atom. The van der Waals surface area contributed by atoms with Crippen molar-refractivity contribution in [3.8, 4) is 5.88 Å². The molecule has 0 amide bonds. The molecule has 0 spiro atoms. The Balaban J connectivity index is 2.03. The highest BCUT2D eigenvalue weighted by Gasteiger charge is 2.01. The van der Waals surface area contributed by atoms with Gasteiger partial charge in [-0.1, -0.05) is 41.9 Å². The highest BCUT2D eigenvalue weighted by Crippen LogP contribution is 2.20. The molecule has 0 radical (unpaired) electrons. The van der Waals surface area contributed by atoms with Crippen LogP contribution in [0.2, 0.25) is 5.02 Å². The van der Waals surface area contributed by atoms with Crippen LogP contribution in [0.4, 0.5) is 0 Å². The van der Waals surface area contributed by atoms with E-state index >= 15 is 0 Å². The molecule has 0 bridgehead atoms. The molecule has 1 heterocycles. The summed E-state index contributed by atoms with van der Waals surface area (Å²) in [7, 11) is 0. The highest BCUT2D eigenvalue weighted by atomic mass is 35.5. The predicted octanol–water partition coefficient (Wildman–Crippen LogP) is 3.31. The van der Waals surface area contributed by atoms with Crippen LogP contribution in [0.5, 0.6) is 5.88 Å². The van der Waals surface area contributed by atoms with Crippen LogP contribution in [0.25, 0.3) is 0 Å². The molecule has 0 saturated carbocycles. The average molecular weight is 220 g/mol. The Kier molecular flexibility index (Phi) is 3.20. The summed E-state index contributed by atoms with van der Waals surface area (Å²) < 4.78 is 5.48. The van der Waals surface area contributed by atoms with E-state index in [9.17, 15) is 0 Å². The van der Waals surface area contributed by atoms with E-state index < -0.39 is 0 Å². The van der Waals surface area contributed by atoms with Gasteiger partial charge in [0.15, 0.2) is 0 Å². The van der Waals surface area contributed by atoms with E-state index in [1.807, 2.05) is 30.3 Å². The summed E-state index contributed by atoms with van der Waals surface area (Å²) >= 11 is 5.90. The van der Waals surface area contributed by atoms with Gasteiger partial charge in [-0.3, -0.25) is 0 Å². The normalized spacial score (nSPS) is 9.93. The summed E-state index contributed by atoms with van der Waals surface area (Å²) in [6, 6.07) is 13.4. The first-order valence-corrected chi connectivity index (χ1v) is 5.01. The quantitative estimate of drug-likeness (QED) is 0.790. The molecule has 0 N–H and O–H groups in total. The fraction of sp³-hybridized carbons (Fsp3) is 0.0833. The van der Waals surface area contributed by atoms with E-state index in [-0.39, 0.29) is 0 Å². The first kappa shape index (κ1) is 9.99. The first-order valence-electron chi connectivity index (χ1n) is 4.63. The molecule has 1 aromatic carbocycles. The molecule has 0 unspecified atom stereocenters. The van der Waals surface area contributed by atoms with E-state index in [1.165, 1.54) is 0 Å². The number of aromatic nitrogens is 1. The molecule has 2 aromatic rings. The standard InChI is InChI=1S/C12H10ClNO/c13-11-7-4-8-14-12(11)15-9-10-5-2-1-3-6-10/h1-8H,9H2. The minimum absolute atomic E-state index is 0.475. The Hall–Kier alpha value is -1.54. The number of rotatable bonds is 3. The summed E-state index contributed by atoms with van der Waals surface area (Å²) in [5.74, 6) is 0.475. The molecule has 0 fully saturated rings. The maximum absolute atomic E-state index is 5.90. The molecule has 15 heavy (non-hydrogen) atoms. The van der Waals surface area contributed by atoms with Gasteiger partial charge in [0.1, 0.15) is 11.6 Å². The monoisotopic (exact) mass is 219 g/mol. The lowest BCUT2D eigenvalue weighted by atomic mass is 10.2. The second-order valence-corrected chi connectivity index (χ2v) is 3.47. The molecule has 1 aromatic heterocycles. The Morgan fingerprint density at radius 2 is 1.87 bits per heavy atom. The van der Waals surface area contributed by atoms with Crippen LogP contribution in [0, 0.1) is 0 Å². The highest BCUT2D eigenvalue weighted by molar-refractivity contribution is 6.31. The molecule has 2 rings (SSSR count). The molecule has 2 nitrogen and oxygen atoms in total. The zero-order valence-corrected chi connectivity index (χ0v) is 8.82. The zero-order chi connectivity index (χ0) is 10.5. The topological polar surface area (TPSA) is 22.1 Å². The molecule has 0 saturated heterocycles. The van der Waals surface area contributed by atoms with Crippen LogP contribution in [0.15, 0.2) is 48.7 Å². The number of halogens is 1. The van der Waals surface area contributed by atoms with Gasteiger partial charge in [-0.15, -0.1) is 0 Å². The minimum atomic E-state index is 0.475. The van der Waals surface area contributed by atoms with E-state index in [0.717, 1.165) is 5.56 Å². The third-order valence-electron chi connectivity index (χ3n) is 1.94. The SMILES string of the molecule is Clc1cccnc1OCc1ccccc1. The number of hydrogen-bond acceptors (Lipinski definition) is 2. The Labute approximate surface area is 93.5 Å². The van der Waals surface area contributed by atoms with Crippen molar-refractivity contribution < 1.29 is 4.74 Å². The zero-order valence-electron chi connectivity index (χ0n) is 8.06. The van der Waals surface area contributed by atoms with Gasteiger partial charge in [0, 0.05) is 6.20 Å². The van der Waals surface area contributed by atoms with Gasteiger partial charge in [0.25, 0.3) is 0 Å². The van der Waals surface area contributed by atoms with E-state index in [1.54, 1.807) is 18.3 Å². The second kappa shape index (κ2) is 4.80. The fourth-order valence-electron chi connectivity index (χ4n) is 1.20. The number of pyridine rings is 1. The number of hydrogen-bond donors (Lipinski definition) is 0. The van der Waals surface area contributed by atoms with Crippen molar-refractivity contribution in [2.75, 3.05) is 0 Å². The van der Waals surface area contributed by atoms with Crippen molar-refractivity contribution >= 4 is 11.6 Å². The number of ether oxygens (including phenoxy) is 1. The van der Waals surface area contributed by atoms with Crippen molar-refractivity contribution in [1.82, 2.24) is 4.98 Å². The van der Waals surface area contributed by atoms with Gasteiger partial charge in [-0.25, -0.2) is 4.98 Å². The molecule has 0 aliphatic rings. The summed E-state index contributed by atoms with van der Waals surface area (Å²) in [6.45, 7) is 0.484. The minimum Gasteiger partial charge on any atom is -0.472 e. The molecule has 0 aliphatic heterocycles. The lowest BCUT2D eigenvalue weighted by Gasteiger charge is -2.05. The average Bonchev–Trinajstić information content (AvgIpc) is 2.29. The van der Waals surface area contributed by atoms with Crippen molar-refractivity contribution in [3.63, 3.8) is 0 Å². The Morgan fingerprint density at radius 3 is 2.60 bits per heavy atom. The van der Waals surface area contributed by atoms with Crippen LogP contribution >= 0.6 is 11.6 Å². The summed E-state index contributed by atoms with van der Waals surface area (Å²) in [4.78, 5) is 4.04. The van der Waals surface area contributed by atoms with Gasteiger partial charge in [0.2, 0.25) is 5.88 Å².